The second kappa shape index (κ2) is 9.15. The molecule has 0 aromatic rings. The molecule has 0 N–H and O–H groups in total. The summed E-state index contributed by atoms with van der Waals surface area (Å²) in [7, 11) is -2.51. The molecule has 0 atom stereocenters. The molecule has 0 aliphatic carbocycles. The summed E-state index contributed by atoms with van der Waals surface area (Å²) in [6.07, 6.45) is 0. The molecule has 15 heavy (non-hydrogen) atoms. The summed E-state index contributed by atoms with van der Waals surface area (Å²) in [6, 6.07) is 0.659. The second-order valence-electron chi connectivity index (χ2n) is 2.71. The predicted octanol–water partition coefficient (Wildman–Crippen LogP) is 2.14. The summed E-state index contributed by atoms with van der Waals surface area (Å²) in [5.74, 6) is 0. The van der Waals surface area contributed by atoms with Gasteiger partial charge in [0.1, 0.15) is 0 Å². The molecule has 0 aliphatic heterocycles. The second-order valence-corrected chi connectivity index (χ2v) is 5.62. The molecule has 0 aliphatic rings. The van der Waals surface area contributed by atoms with Crippen molar-refractivity contribution in [3.05, 3.63) is 0 Å². The van der Waals surface area contributed by atoms with Gasteiger partial charge in [-0.15, -0.1) is 0 Å². The lowest BCUT2D eigenvalue weighted by Crippen LogP contribution is -2.46. The highest BCUT2D eigenvalue weighted by atomic mass is 32.1. The fraction of sp³-hybridized carbons (Fsp3) is 0.889. The normalized spacial score (nSPS) is 11.1. The lowest BCUT2D eigenvalue weighted by Gasteiger charge is -2.27. The van der Waals surface area contributed by atoms with Crippen molar-refractivity contribution in [1.29, 1.82) is 0 Å². The van der Waals surface area contributed by atoms with Crippen LogP contribution in [0.4, 0.5) is 0 Å². The van der Waals surface area contributed by atoms with Gasteiger partial charge in [-0.25, -0.2) is 4.99 Å². The van der Waals surface area contributed by atoms with Crippen LogP contribution in [-0.4, -0.2) is 40.3 Å². The molecule has 0 unspecified atom stereocenters. The Morgan fingerprint density at radius 1 is 1.07 bits per heavy atom. The number of aliphatic imine (C=N–C) groups is 1. The number of hydrogen-bond acceptors (Lipinski definition) is 5. The number of thiocarbonyl (C=S) groups is 1. The van der Waals surface area contributed by atoms with Gasteiger partial charge in [0.05, 0.1) is 11.7 Å². The van der Waals surface area contributed by atoms with E-state index < -0.39 is 8.80 Å². The molecule has 6 heteroatoms. The standard InChI is InChI=1S/C9H19NO3SSi/c1-4-11-15(12-5-2,13-6-3)8-7-10-9-14/h4-8H2,1-3H3. The topological polar surface area (TPSA) is 40.0 Å². The maximum atomic E-state index is 5.63. The van der Waals surface area contributed by atoms with E-state index in [1.54, 1.807) is 0 Å². The average Bonchev–Trinajstić information content (AvgIpc) is 2.19. The van der Waals surface area contributed by atoms with Gasteiger partial charge in [-0.2, -0.15) is 0 Å². The maximum absolute atomic E-state index is 5.63. The third-order valence-corrected chi connectivity index (χ3v) is 4.84. The Kier molecular flexibility index (Phi) is 9.08. The Hall–Kier alpha value is -0.103. The van der Waals surface area contributed by atoms with Gasteiger partial charge in [0.15, 0.2) is 0 Å². The molecule has 0 fully saturated rings. The summed E-state index contributed by atoms with van der Waals surface area (Å²) in [6.45, 7) is 8.12. The van der Waals surface area contributed by atoms with E-state index in [9.17, 15) is 0 Å². The first-order valence-electron chi connectivity index (χ1n) is 5.20. The molecule has 0 spiro atoms. The molecule has 4 nitrogen and oxygen atoms in total. The number of nitrogens with zero attached hydrogens (tertiary/aromatic N) is 1. The SMILES string of the molecule is CCO[Si](CCN=C=S)(OCC)OCC. The van der Waals surface area contributed by atoms with Crippen molar-refractivity contribution in [2.24, 2.45) is 4.99 Å². The van der Waals surface area contributed by atoms with Crippen LogP contribution in [0.15, 0.2) is 4.99 Å². The predicted molar refractivity (Wildman–Crippen MR) is 65.3 cm³/mol. The molecule has 0 radical (unpaired) electrons. The van der Waals surface area contributed by atoms with Crippen LogP contribution >= 0.6 is 12.2 Å². The Morgan fingerprint density at radius 3 is 1.87 bits per heavy atom. The minimum absolute atomic E-state index is 0.551. The zero-order valence-corrected chi connectivity index (χ0v) is 11.4. The van der Waals surface area contributed by atoms with Crippen molar-refractivity contribution in [3.63, 3.8) is 0 Å². The van der Waals surface area contributed by atoms with Crippen LogP contribution in [0.2, 0.25) is 6.04 Å². The summed E-state index contributed by atoms with van der Waals surface area (Å²) >= 11 is 4.51. The van der Waals surface area contributed by atoms with E-state index in [2.05, 4.69) is 22.4 Å². The molecule has 0 amide bonds. The maximum Gasteiger partial charge on any atom is 0.502 e. The van der Waals surface area contributed by atoms with E-state index in [-0.39, 0.29) is 0 Å². The third-order valence-electron chi connectivity index (χ3n) is 1.69. The van der Waals surface area contributed by atoms with Crippen molar-refractivity contribution in [2.45, 2.75) is 26.8 Å². The van der Waals surface area contributed by atoms with Gasteiger partial charge in [0.2, 0.25) is 0 Å². The van der Waals surface area contributed by atoms with Gasteiger partial charge < -0.3 is 13.3 Å². The summed E-state index contributed by atoms with van der Waals surface area (Å²) in [5.41, 5.74) is 0. The first-order chi connectivity index (χ1) is 7.24. The monoisotopic (exact) mass is 249 g/mol. The summed E-state index contributed by atoms with van der Waals surface area (Å²) in [4.78, 5) is 3.86. The molecule has 0 aromatic heterocycles. The highest BCUT2D eigenvalue weighted by molar-refractivity contribution is 7.78. The fourth-order valence-electron chi connectivity index (χ4n) is 1.24. The highest BCUT2D eigenvalue weighted by Crippen LogP contribution is 2.15. The van der Waals surface area contributed by atoms with Crippen LogP contribution in [0.1, 0.15) is 20.8 Å². The summed E-state index contributed by atoms with van der Waals surface area (Å²) < 4.78 is 16.9. The first-order valence-corrected chi connectivity index (χ1v) is 7.54. The minimum atomic E-state index is -2.51. The van der Waals surface area contributed by atoms with Crippen molar-refractivity contribution < 1.29 is 13.3 Å². The first kappa shape index (κ1) is 14.9. The van der Waals surface area contributed by atoms with Gasteiger partial charge >= 0.3 is 8.80 Å². The molecular formula is C9H19NO3SSi. The Balaban J connectivity index is 4.36. The lowest BCUT2D eigenvalue weighted by atomic mass is 10.8. The van der Waals surface area contributed by atoms with E-state index >= 15 is 0 Å². The number of hydrogen-bond donors (Lipinski definition) is 0. The average molecular weight is 249 g/mol. The van der Waals surface area contributed by atoms with Crippen LogP contribution in [0.5, 0.6) is 0 Å². The van der Waals surface area contributed by atoms with Gasteiger partial charge in [-0.1, -0.05) is 0 Å². The Labute approximate surface area is 98.0 Å². The lowest BCUT2D eigenvalue weighted by molar-refractivity contribution is 0.0720. The zero-order valence-electron chi connectivity index (χ0n) is 9.62. The molecule has 0 saturated carbocycles. The minimum Gasteiger partial charge on any atom is -0.374 e. The van der Waals surface area contributed by atoms with E-state index in [1.165, 1.54) is 0 Å². The Morgan fingerprint density at radius 2 is 1.53 bits per heavy atom. The van der Waals surface area contributed by atoms with E-state index in [0.717, 1.165) is 0 Å². The van der Waals surface area contributed by atoms with Crippen LogP contribution in [0.25, 0.3) is 0 Å². The smallest absolute Gasteiger partial charge is 0.374 e. The van der Waals surface area contributed by atoms with Crippen molar-refractivity contribution in [2.75, 3.05) is 26.4 Å². The third kappa shape index (κ3) is 6.14. The molecule has 0 heterocycles. The van der Waals surface area contributed by atoms with Crippen molar-refractivity contribution in [3.8, 4) is 0 Å². The molecule has 0 bridgehead atoms. The molecule has 0 aromatic carbocycles. The fourth-order valence-corrected chi connectivity index (χ4v) is 3.72. The van der Waals surface area contributed by atoms with Gasteiger partial charge in [0, 0.05) is 25.9 Å². The van der Waals surface area contributed by atoms with Crippen LogP contribution < -0.4 is 0 Å². The van der Waals surface area contributed by atoms with Gasteiger partial charge in [0.25, 0.3) is 0 Å². The highest BCUT2D eigenvalue weighted by Gasteiger charge is 2.39. The zero-order chi connectivity index (χ0) is 11.6. The number of rotatable bonds is 9. The van der Waals surface area contributed by atoms with E-state index in [1.807, 2.05) is 20.8 Å². The quantitative estimate of drug-likeness (QED) is 0.356. The van der Waals surface area contributed by atoms with E-state index in [4.69, 9.17) is 13.3 Å². The van der Waals surface area contributed by atoms with Crippen LogP contribution in [0, 0.1) is 0 Å². The number of isothiocyanates is 1. The van der Waals surface area contributed by atoms with Crippen molar-refractivity contribution in [1.82, 2.24) is 0 Å². The molecule has 0 saturated heterocycles. The summed E-state index contributed by atoms with van der Waals surface area (Å²) in [5, 5.41) is 2.33. The van der Waals surface area contributed by atoms with Crippen molar-refractivity contribution >= 4 is 26.2 Å². The molecule has 0 rings (SSSR count). The van der Waals surface area contributed by atoms with E-state index in [0.29, 0.717) is 32.4 Å². The van der Waals surface area contributed by atoms with Gasteiger partial charge in [-0.3, -0.25) is 0 Å². The molecule has 88 valence electrons. The van der Waals surface area contributed by atoms with Gasteiger partial charge in [-0.05, 0) is 33.0 Å². The van der Waals surface area contributed by atoms with Crippen LogP contribution in [-0.2, 0) is 13.3 Å². The molecular weight excluding hydrogens is 230 g/mol. The van der Waals surface area contributed by atoms with Crippen LogP contribution in [0.3, 0.4) is 0 Å². The Bertz CT molecular complexity index is 193. The largest absolute Gasteiger partial charge is 0.502 e.